The molecule has 114 valence electrons. The molecule has 1 heterocycles. The van der Waals surface area contributed by atoms with Gasteiger partial charge in [-0.15, -0.1) is 0 Å². The van der Waals surface area contributed by atoms with Gasteiger partial charge >= 0.3 is 0 Å². The van der Waals surface area contributed by atoms with Crippen molar-refractivity contribution in [2.45, 2.75) is 39.3 Å². The topological polar surface area (TPSA) is 60.2 Å². The van der Waals surface area contributed by atoms with Gasteiger partial charge in [0.25, 0.3) is 0 Å². The van der Waals surface area contributed by atoms with Crippen molar-refractivity contribution in [3.63, 3.8) is 0 Å². The van der Waals surface area contributed by atoms with Gasteiger partial charge < -0.3 is 9.84 Å². The van der Waals surface area contributed by atoms with Gasteiger partial charge in [0.2, 0.25) is 0 Å². The van der Waals surface area contributed by atoms with Crippen molar-refractivity contribution in [1.82, 2.24) is 14.8 Å². The molecule has 1 atom stereocenters. The summed E-state index contributed by atoms with van der Waals surface area (Å²) in [6, 6.07) is 7.45. The maximum atomic E-state index is 10.8. The van der Waals surface area contributed by atoms with Crippen LogP contribution in [-0.4, -0.2) is 27.0 Å². The molecule has 0 saturated heterocycles. The summed E-state index contributed by atoms with van der Waals surface area (Å²) < 4.78 is 7.01. The summed E-state index contributed by atoms with van der Waals surface area (Å²) in [5.74, 6) is 2.05. The summed E-state index contributed by atoms with van der Waals surface area (Å²) in [6.07, 6.45) is 1.97. The van der Waals surface area contributed by atoms with E-state index in [9.17, 15) is 5.11 Å². The molecule has 0 spiro atoms. The summed E-state index contributed by atoms with van der Waals surface area (Å²) in [7, 11) is 1.63. The molecule has 0 saturated carbocycles. The third-order valence-electron chi connectivity index (χ3n) is 3.45. The van der Waals surface area contributed by atoms with Crippen LogP contribution in [0.25, 0.3) is 0 Å². The molecule has 5 nitrogen and oxygen atoms in total. The first-order valence-electron chi connectivity index (χ1n) is 7.16. The lowest BCUT2D eigenvalue weighted by Crippen LogP contribution is -2.27. The summed E-state index contributed by atoms with van der Waals surface area (Å²) in [5, 5.41) is 15.0. The molecule has 2 rings (SSSR count). The molecule has 0 aliphatic heterocycles. The molecule has 0 radical (unpaired) electrons. The van der Waals surface area contributed by atoms with Crippen LogP contribution in [0.2, 0.25) is 0 Å². The van der Waals surface area contributed by atoms with E-state index < -0.39 is 5.60 Å². The van der Waals surface area contributed by atoms with Crippen LogP contribution in [0.15, 0.2) is 30.6 Å². The molecule has 5 heteroatoms. The lowest BCUT2D eigenvalue weighted by atomic mass is 9.92. The molecule has 0 bridgehead atoms. The van der Waals surface area contributed by atoms with Crippen molar-refractivity contribution in [3.8, 4) is 5.75 Å². The molecule has 0 fully saturated rings. The summed E-state index contributed by atoms with van der Waals surface area (Å²) in [6.45, 7) is 6.86. The predicted octanol–water partition coefficient (Wildman–Crippen LogP) is 2.39. The minimum Gasteiger partial charge on any atom is -0.497 e. The Balaban J connectivity index is 2.18. The van der Waals surface area contributed by atoms with E-state index >= 15 is 0 Å². The van der Waals surface area contributed by atoms with Gasteiger partial charge in [-0.1, -0.05) is 26.0 Å². The number of methoxy groups -OCH3 is 1. The molecule has 2 aromatic rings. The summed E-state index contributed by atoms with van der Waals surface area (Å²) >= 11 is 0. The Morgan fingerprint density at radius 2 is 1.95 bits per heavy atom. The highest BCUT2D eigenvalue weighted by Crippen LogP contribution is 2.26. The lowest BCUT2D eigenvalue weighted by molar-refractivity contribution is 0.0540. The number of benzene rings is 1. The normalized spacial score (nSPS) is 14.2. The van der Waals surface area contributed by atoms with E-state index in [1.54, 1.807) is 20.4 Å². The van der Waals surface area contributed by atoms with Gasteiger partial charge in [0.05, 0.1) is 12.7 Å². The summed E-state index contributed by atoms with van der Waals surface area (Å²) in [4.78, 5) is 4.28. The van der Waals surface area contributed by atoms with Crippen molar-refractivity contribution in [2.24, 2.45) is 5.92 Å². The maximum Gasteiger partial charge on any atom is 0.138 e. The van der Waals surface area contributed by atoms with E-state index in [2.05, 4.69) is 23.9 Å². The van der Waals surface area contributed by atoms with Crippen LogP contribution in [0.4, 0.5) is 0 Å². The molecule has 0 amide bonds. The SMILES string of the molecule is COc1ccc(C(C)(O)Cc2ncnn2CC(C)C)cc1. The second-order valence-electron chi connectivity index (χ2n) is 5.93. The van der Waals surface area contributed by atoms with Crippen LogP contribution in [0.3, 0.4) is 0 Å². The average Bonchev–Trinajstić information content (AvgIpc) is 2.84. The molecule has 0 aliphatic carbocycles. The Morgan fingerprint density at radius 3 is 2.52 bits per heavy atom. The van der Waals surface area contributed by atoms with Crippen molar-refractivity contribution >= 4 is 0 Å². The lowest BCUT2D eigenvalue weighted by Gasteiger charge is -2.24. The Labute approximate surface area is 125 Å². The average molecular weight is 289 g/mol. The van der Waals surface area contributed by atoms with Crippen molar-refractivity contribution in [3.05, 3.63) is 42.0 Å². The largest absolute Gasteiger partial charge is 0.497 e. The third-order valence-corrected chi connectivity index (χ3v) is 3.45. The predicted molar refractivity (Wildman–Crippen MR) is 81.1 cm³/mol. The fourth-order valence-electron chi connectivity index (χ4n) is 2.28. The molecular weight excluding hydrogens is 266 g/mol. The maximum absolute atomic E-state index is 10.8. The van der Waals surface area contributed by atoms with Gasteiger partial charge in [-0.25, -0.2) is 9.67 Å². The van der Waals surface area contributed by atoms with Crippen LogP contribution >= 0.6 is 0 Å². The van der Waals surface area contributed by atoms with Gasteiger partial charge in [0, 0.05) is 13.0 Å². The number of rotatable bonds is 6. The van der Waals surface area contributed by atoms with Crippen molar-refractivity contribution < 1.29 is 9.84 Å². The first-order chi connectivity index (χ1) is 9.92. The molecule has 1 unspecified atom stereocenters. The standard InChI is InChI=1S/C16H23N3O2/c1-12(2)10-19-15(17-11-18-19)9-16(3,20)13-5-7-14(21-4)8-6-13/h5-8,11-12,20H,9-10H2,1-4H3. The number of nitrogens with zero attached hydrogens (tertiary/aromatic N) is 3. The van der Waals surface area contributed by atoms with Gasteiger partial charge in [-0.2, -0.15) is 5.10 Å². The van der Waals surface area contributed by atoms with E-state index in [4.69, 9.17) is 4.74 Å². The monoisotopic (exact) mass is 289 g/mol. The summed E-state index contributed by atoms with van der Waals surface area (Å²) in [5.41, 5.74) is -0.156. The Morgan fingerprint density at radius 1 is 1.29 bits per heavy atom. The van der Waals surface area contributed by atoms with Crippen LogP contribution < -0.4 is 4.74 Å². The highest BCUT2D eigenvalue weighted by Gasteiger charge is 2.26. The first kappa shape index (κ1) is 15.5. The minimum absolute atomic E-state index is 0.423. The third kappa shape index (κ3) is 3.82. The second-order valence-corrected chi connectivity index (χ2v) is 5.93. The molecule has 21 heavy (non-hydrogen) atoms. The van der Waals surface area contributed by atoms with Crippen molar-refractivity contribution in [2.75, 3.05) is 7.11 Å². The van der Waals surface area contributed by atoms with Gasteiger partial charge in [0.15, 0.2) is 0 Å². The Bertz CT molecular complexity index is 573. The van der Waals surface area contributed by atoms with E-state index in [1.165, 1.54) is 0 Å². The zero-order chi connectivity index (χ0) is 15.5. The number of hydrogen-bond acceptors (Lipinski definition) is 4. The number of hydrogen-bond donors (Lipinski definition) is 1. The molecule has 1 aromatic heterocycles. The first-order valence-corrected chi connectivity index (χ1v) is 7.16. The quantitative estimate of drug-likeness (QED) is 0.887. The number of ether oxygens (including phenoxy) is 1. The van der Waals surface area contributed by atoms with Crippen LogP contribution in [0.1, 0.15) is 32.2 Å². The van der Waals surface area contributed by atoms with Gasteiger partial charge in [0.1, 0.15) is 17.9 Å². The second kappa shape index (κ2) is 6.26. The molecule has 1 aromatic carbocycles. The molecule has 1 N–H and O–H groups in total. The molecular formula is C16H23N3O2. The van der Waals surface area contributed by atoms with E-state index in [0.29, 0.717) is 12.3 Å². The minimum atomic E-state index is -0.992. The fourth-order valence-corrected chi connectivity index (χ4v) is 2.28. The van der Waals surface area contributed by atoms with Crippen LogP contribution in [0, 0.1) is 5.92 Å². The highest BCUT2D eigenvalue weighted by molar-refractivity contribution is 5.31. The van der Waals surface area contributed by atoms with Crippen LogP contribution in [-0.2, 0) is 18.6 Å². The molecule has 0 aliphatic rings. The van der Waals surface area contributed by atoms with Crippen molar-refractivity contribution in [1.29, 1.82) is 0 Å². The number of aliphatic hydroxyl groups is 1. The highest BCUT2D eigenvalue weighted by atomic mass is 16.5. The van der Waals surface area contributed by atoms with Crippen LogP contribution in [0.5, 0.6) is 5.75 Å². The van der Waals surface area contributed by atoms with Gasteiger partial charge in [-0.3, -0.25) is 0 Å². The smallest absolute Gasteiger partial charge is 0.138 e. The zero-order valence-corrected chi connectivity index (χ0v) is 13.1. The fraction of sp³-hybridized carbons (Fsp3) is 0.500. The van der Waals surface area contributed by atoms with E-state index in [-0.39, 0.29) is 0 Å². The zero-order valence-electron chi connectivity index (χ0n) is 13.1. The van der Waals surface area contributed by atoms with Gasteiger partial charge in [-0.05, 0) is 30.5 Å². The Hall–Kier alpha value is -1.88. The van der Waals surface area contributed by atoms with E-state index in [0.717, 1.165) is 23.7 Å². The van der Waals surface area contributed by atoms with E-state index in [1.807, 2.05) is 28.9 Å². The Kier molecular flexibility index (Phi) is 4.63. The number of aromatic nitrogens is 3.